The Kier molecular flexibility index (Phi) is 4.38. The zero-order valence-corrected chi connectivity index (χ0v) is 14.5. The van der Waals surface area contributed by atoms with Gasteiger partial charge in [0.2, 0.25) is 0 Å². The number of para-hydroxylation sites is 1. The number of hydrogen-bond acceptors (Lipinski definition) is 6. The van der Waals surface area contributed by atoms with Crippen LogP contribution < -0.4 is 5.73 Å². The molecule has 0 unspecified atom stereocenters. The van der Waals surface area contributed by atoms with Crippen LogP contribution in [0.3, 0.4) is 0 Å². The highest BCUT2D eigenvalue weighted by molar-refractivity contribution is 5.87. The Hall–Kier alpha value is -2.44. The van der Waals surface area contributed by atoms with Crippen LogP contribution in [0.2, 0.25) is 0 Å². The van der Waals surface area contributed by atoms with Gasteiger partial charge in [0.1, 0.15) is 23.2 Å². The van der Waals surface area contributed by atoms with E-state index in [1.54, 1.807) is 0 Å². The van der Waals surface area contributed by atoms with E-state index in [0.29, 0.717) is 5.82 Å². The molecule has 0 radical (unpaired) electrons. The predicted molar refractivity (Wildman–Crippen MR) is 97.9 cm³/mol. The molecule has 1 aromatic carbocycles. The van der Waals surface area contributed by atoms with Crippen molar-refractivity contribution in [1.29, 1.82) is 0 Å². The highest BCUT2D eigenvalue weighted by Crippen LogP contribution is 2.18. The predicted octanol–water partition coefficient (Wildman–Crippen LogP) is 2.43. The van der Waals surface area contributed by atoms with Gasteiger partial charge in [0.05, 0.1) is 18.6 Å². The lowest BCUT2D eigenvalue weighted by molar-refractivity contribution is 0.114. The number of benzene rings is 1. The second-order valence-electron chi connectivity index (χ2n) is 6.61. The van der Waals surface area contributed by atoms with E-state index in [-0.39, 0.29) is 0 Å². The van der Waals surface area contributed by atoms with E-state index in [1.807, 2.05) is 37.3 Å². The molecule has 0 aliphatic carbocycles. The minimum atomic E-state index is 0.562. The number of nitrogens with zero attached hydrogens (tertiary/aromatic N) is 4. The summed E-state index contributed by atoms with van der Waals surface area (Å²) in [6, 6.07) is 12.0. The van der Waals surface area contributed by atoms with Crippen molar-refractivity contribution in [3.63, 3.8) is 0 Å². The second kappa shape index (κ2) is 6.82. The molecule has 2 N–H and O–H groups in total. The van der Waals surface area contributed by atoms with Crippen molar-refractivity contribution in [2.45, 2.75) is 20.0 Å². The number of nitrogens with two attached hydrogens (primary N) is 1. The van der Waals surface area contributed by atoms with Gasteiger partial charge < -0.3 is 10.2 Å². The van der Waals surface area contributed by atoms with Gasteiger partial charge in [-0.15, -0.1) is 0 Å². The van der Waals surface area contributed by atoms with Gasteiger partial charge in [-0.1, -0.05) is 12.1 Å². The molecule has 0 bridgehead atoms. The van der Waals surface area contributed by atoms with Crippen LogP contribution in [-0.4, -0.2) is 45.9 Å². The van der Waals surface area contributed by atoms with E-state index in [2.05, 4.69) is 25.8 Å². The maximum absolute atomic E-state index is 6.08. The fourth-order valence-corrected chi connectivity index (χ4v) is 3.32. The van der Waals surface area contributed by atoms with Gasteiger partial charge in [-0.05, 0) is 31.2 Å². The Morgan fingerprint density at radius 1 is 0.960 bits per heavy atom. The molecule has 3 aromatic rings. The Labute approximate surface area is 147 Å². The zero-order valence-electron chi connectivity index (χ0n) is 14.5. The number of piperazine rings is 1. The molecule has 0 atom stereocenters. The molecule has 0 spiro atoms. The molecule has 0 saturated carbocycles. The quantitative estimate of drug-likeness (QED) is 0.788. The summed E-state index contributed by atoms with van der Waals surface area (Å²) in [6.45, 7) is 7.62. The van der Waals surface area contributed by atoms with Crippen molar-refractivity contribution in [2.75, 3.05) is 31.9 Å². The number of hydrogen-bond donors (Lipinski definition) is 1. The third-order valence-corrected chi connectivity index (χ3v) is 4.68. The summed E-state index contributed by atoms with van der Waals surface area (Å²) in [6.07, 6.45) is 0. The summed E-state index contributed by atoms with van der Waals surface area (Å²) < 4.78 is 5.67. The van der Waals surface area contributed by atoms with E-state index < -0.39 is 0 Å². The lowest BCUT2D eigenvalue weighted by Gasteiger charge is -2.33. The number of nitrogen functional groups attached to an aromatic ring is 1. The maximum Gasteiger partial charge on any atom is 0.145 e. The number of fused-ring (bicyclic) bond motifs is 1. The summed E-state index contributed by atoms with van der Waals surface area (Å²) in [4.78, 5) is 13.9. The van der Waals surface area contributed by atoms with Crippen LogP contribution in [0, 0.1) is 6.92 Å². The molecule has 1 aliphatic heterocycles. The van der Waals surface area contributed by atoms with Gasteiger partial charge >= 0.3 is 0 Å². The Balaban J connectivity index is 1.37. The van der Waals surface area contributed by atoms with Crippen LogP contribution in [0.4, 0.5) is 5.82 Å². The molecular weight excluding hydrogens is 314 g/mol. The summed E-state index contributed by atoms with van der Waals surface area (Å²) in [5, 5.41) is 0.921. The molecule has 25 heavy (non-hydrogen) atoms. The summed E-state index contributed by atoms with van der Waals surface area (Å²) in [5.74, 6) is 3.37. The minimum absolute atomic E-state index is 0.562. The lowest BCUT2D eigenvalue weighted by atomic mass is 10.2. The molecule has 1 saturated heterocycles. The smallest absolute Gasteiger partial charge is 0.145 e. The first-order chi connectivity index (χ1) is 12.2. The van der Waals surface area contributed by atoms with Gasteiger partial charge in [-0.2, -0.15) is 0 Å². The number of rotatable bonds is 4. The minimum Gasteiger partial charge on any atom is -0.465 e. The second-order valence-corrected chi connectivity index (χ2v) is 6.61. The van der Waals surface area contributed by atoms with Gasteiger partial charge in [-0.3, -0.25) is 9.80 Å². The molecule has 6 heteroatoms. The van der Waals surface area contributed by atoms with Gasteiger partial charge in [0.15, 0.2) is 0 Å². The molecule has 0 amide bonds. The van der Waals surface area contributed by atoms with Crippen molar-refractivity contribution < 1.29 is 4.42 Å². The largest absolute Gasteiger partial charge is 0.465 e. The average molecular weight is 337 g/mol. The first-order valence-corrected chi connectivity index (χ1v) is 8.68. The number of aromatic nitrogens is 2. The SMILES string of the molecule is Cc1ccc(CN2CCN(Cc3nc(N)c4ccccc4n3)CC2)o1. The summed E-state index contributed by atoms with van der Waals surface area (Å²) in [7, 11) is 0. The van der Waals surface area contributed by atoms with Crippen LogP contribution in [0.5, 0.6) is 0 Å². The first-order valence-electron chi connectivity index (χ1n) is 8.68. The average Bonchev–Trinajstić information content (AvgIpc) is 3.02. The van der Waals surface area contributed by atoms with Crippen LogP contribution in [-0.2, 0) is 13.1 Å². The van der Waals surface area contributed by atoms with E-state index in [4.69, 9.17) is 10.2 Å². The van der Waals surface area contributed by atoms with E-state index in [1.165, 1.54) is 0 Å². The molecule has 1 fully saturated rings. The van der Waals surface area contributed by atoms with Crippen molar-refractivity contribution in [2.24, 2.45) is 0 Å². The molecule has 130 valence electrons. The fourth-order valence-electron chi connectivity index (χ4n) is 3.32. The Morgan fingerprint density at radius 2 is 1.68 bits per heavy atom. The molecule has 6 nitrogen and oxygen atoms in total. The summed E-state index contributed by atoms with van der Waals surface area (Å²) >= 11 is 0. The first kappa shape index (κ1) is 16.1. The number of furan rings is 1. The molecule has 2 aromatic heterocycles. The molecule has 3 heterocycles. The topological polar surface area (TPSA) is 71.4 Å². The number of aryl methyl sites for hydroxylation is 1. The highest BCUT2D eigenvalue weighted by Gasteiger charge is 2.19. The van der Waals surface area contributed by atoms with E-state index in [0.717, 1.165) is 67.5 Å². The highest BCUT2D eigenvalue weighted by atomic mass is 16.3. The van der Waals surface area contributed by atoms with Gasteiger partial charge in [0.25, 0.3) is 0 Å². The maximum atomic E-state index is 6.08. The van der Waals surface area contributed by atoms with Crippen LogP contribution in [0.15, 0.2) is 40.8 Å². The van der Waals surface area contributed by atoms with E-state index in [9.17, 15) is 0 Å². The normalized spacial score (nSPS) is 16.5. The molecular formula is C19H23N5O. The van der Waals surface area contributed by atoms with Crippen molar-refractivity contribution in [1.82, 2.24) is 19.8 Å². The van der Waals surface area contributed by atoms with Crippen molar-refractivity contribution >= 4 is 16.7 Å². The standard InChI is InChI=1S/C19H23N5O/c1-14-6-7-15(25-14)12-23-8-10-24(11-9-23)13-18-21-17-5-3-2-4-16(17)19(20)22-18/h2-7H,8-13H2,1H3,(H2,20,21,22). The third kappa shape index (κ3) is 3.65. The van der Waals surface area contributed by atoms with Crippen LogP contribution in [0.1, 0.15) is 17.3 Å². The molecule has 4 rings (SSSR count). The third-order valence-electron chi connectivity index (χ3n) is 4.68. The zero-order chi connectivity index (χ0) is 17.2. The Morgan fingerprint density at radius 3 is 2.40 bits per heavy atom. The Bertz CT molecular complexity index is 867. The van der Waals surface area contributed by atoms with Crippen molar-refractivity contribution in [3.05, 3.63) is 53.7 Å². The lowest BCUT2D eigenvalue weighted by Crippen LogP contribution is -2.45. The number of anilines is 1. The summed E-state index contributed by atoms with van der Waals surface area (Å²) in [5.41, 5.74) is 7.00. The van der Waals surface area contributed by atoms with Crippen LogP contribution in [0.25, 0.3) is 10.9 Å². The van der Waals surface area contributed by atoms with E-state index >= 15 is 0 Å². The van der Waals surface area contributed by atoms with Gasteiger partial charge in [0, 0.05) is 31.6 Å². The van der Waals surface area contributed by atoms with Gasteiger partial charge in [-0.25, -0.2) is 9.97 Å². The van der Waals surface area contributed by atoms with Crippen molar-refractivity contribution in [3.8, 4) is 0 Å². The molecule has 1 aliphatic rings. The monoisotopic (exact) mass is 337 g/mol. The fraction of sp³-hybridized carbons (Fsp3) is 0.368. The van der Waals surface area contributed by atoms with Crippen LogP contribution >= 0.6 is 0 Å².